The second-order valence-electron chi connectivity index (χ2n) is 6.36. The molecule has 0 radical (unpaired) electrons. The molecule has 0 bridgehead atoms. The predicted octanol–water partition coefficient (Wildman–Crippen LogP) is 3.55. The van der Waals surface area contributed by atoms with E-state index in [-0.39, 0.29) is 0 Å². The minimum Gasteiger partial charge on any atom is -0.322 e. The van der Waals surface area contributed by atoms with Crippen molar-refractivity contribution in [1.82, 2.24) is 14.5 Å². The maximum Gasteiger partial charge on any atom is 0.124 e. The van der Waals surface area contributed by atoms with Crippen LogP contribution in [0.4, 0.5) is 0 Å². The van der Waals surface area contributed by atoms with Crippen molar-refractivity contribution in [3.05, 3.63) is 65.5 Å². The average molecular weight is 316 g/mol. The molecule has 4 nitrogen and oxygen atoms in total. The Morgan fingerprint density at radius 2 is 1.71 bits per heavy atom. The molecule has 3 aromatic rings. The zero-order valence-corrected chi connectivity index (χ0v) is 13.7. The van der Waals surface area contributed by atoms with E-state index < -0.39 is 0 Å². The Morgan fingerprint density at radius 1 is 0.958 bits per heavy atom. The van der Waals surface area contributed by atoms with E-state index in [9.17, 15) is 5.26 Å². The summed E-state index contributed by atoms with van der Waals surface area (Å²) in [6, 6.07) is 18.4. The third kappa shape index (κ3) is 2.79. The number of hydrogen-bond donors (Lipinski definition) is 0. The predicted molar refractivity (Wildman–Crippen MR) is 94.5 cm³/mol. The van der Waals surface area contributed by atoms with Crippen molar-refractivity contribution >= 4 is 11.0 Å². The van der Waals surface area contributed by atoms with E-state index in [4.69, 9.17) is 4.98 Å². The summed E-state index contributed by atoms with van der Waals surface area (Å²) in [6.07, 6.45) is 2.55. The largest absolute Gasteiger partial charge is 0.322 e. The van der Waals surface area contributed by atoms with Gasteiger partial charge in [-0.25, -0.2) is 4.98 Å². The lowest BCUT2D eigenvalue weighted by atomic mass is 10.1. The first kappa shape index (κ1) is 14.9. The van der Waals surface area contributed by atoms with Gasteiger partial charge in [-0.05, 0) is 49.7 Å². The maximum absolute atomic E-state index is 9.38. The Balaban J connectivity index is 1.75. The van der Waals surface area contributed by atoms with E-state index in [2.05, 4.69) is 33.7 Å². The highest BCUT2D eigenvalue weighted by atomic mass is 15.2. The number of aromatic nitrogens is 2. The molecule has 1 saturated heterocycles. The van der Waals surface area contributed by atoms with Crippen LogP contribution in [-0.4, -0.2) is 27.5 Å². The van der Waals surface area contributed by atoms with Crippen LogP contribution in [0.2, 0.25) is 0 Å². The van der Waals surface area contributed by atoms with E-state index in [1.807, 2.05) is 30.3 Å². The molecule has 2 heterocycles. The molecule has 2 aromatic carbocycles. The summed E-state index contributed by atoms with van der Waals surface area (Å²) in [5, 5.41) is 9.38. The Bertz CT molecular complexity index is 897. The molecule has 0 atom stereocenters. The van der Waals surface area contributed by atoms with E-state index in [0.29, 0.717) is 6.54 Å². The second-order valence-corrected chi connectivity index (χ2v) is 6.36. The topological polar surface area (TPSA) is 44.9 Å². The molecular weight excluding hydrogens is 296 g/mol. The molecule has 24 heavy (non-hydrogen) atoms. The second kappa shape index (κ2) is 6.46. The highest BCUT2D eigenvalue weighted by Crippen LogP contribution is 2.21. The summed E-state index contributed by atoms with van der Waals surface area (Å²) in [7, 11) is 0. The third-order valence-electron chi connectivity index (χ3n) is 4.76. The van der Waals surface area contributed by atoms with Crippen molar-refractivity contribution in [3.63, 3.8) is 0 Å². The summed E-state index contributed by atoms with van der Waals surface area (Å²) in [5.41, 5.74) is 3.95. The summed E-state index contributed by atoms with van der Waals surface area (Å²) >= 11 is 0. The Kier molecular flexibility index (Phi) is 4.02. The van der Waals surface area contributed by atoms with Crippen molar-refractivity contribution in [2.24, 2.45) is 0 Å². The van der Waals surface area contributed by atoms with Gasteiger partial charge in [-0.1, -0.05) is 30.3 Å². The monoisotopic (exact) mass is 316 g/mol. The quantitative estimate of drug-likeness (QED) is 0.739. The number of para-hydroxylation sites is 2. The molecule has 0 N–H and O–H groups in total. The first-order valence-electron chi connectivity index (χ1n) is 8.49. The molecule has 0 aliphatic carbocycles. The molecule has 120 valence electrons. The van der Waals surface area contributed by atoms with Gasteiger partial charge in [-0.3, -0.25) is 4.90 Å². The molecular formula is C20H20N4. The average Bonchev–Trinajstić information content (AvgIpc) is 3.24. The minimum absolute atomic E-state index is 0.688. The van der Waals surface area contributed by atoms with Crippen LogP contribution in [0.15, 0.2) is 48.5 Å². The van der Waals surface area contributed by atoms with Crippen LogP contribution < -0.4 is 0 Å². The molecule has 0 spiro atoms. The molecule has 4 heteroatoms. The van der Waals surface area contributed by atoms with Crippen molar-refractivity contribution in [2.45, 2.75) is 25.9 Å². The molecule has 0 amide bonds. The number of benzene rings is 2. The summed E-state index contributed by atoms with van der Waals surface area (Å²) in [4.78, 5) is 7.33. The van der Waals surface area contributed by atoms with Gasteiger partial charge in [0.25, 0.3) is 0 Å². The van der Waals surface area contributed by atoms with Crippen LogP contribution in [0.3, 0.4) is 0 Å². The zero-order chi connectivity index (χ0) is 16.4. The van der Waals surface area contributed by atoms with E-state index >= 15 is 0 Å². The first-order chi connectivity index (χ1) is 11.8. The molecule has 0 unspecified atom stereocenters. The number of nitrogens with zero attached hydrogens (tertiary/aromatic N) is 4. The molecule has 1 aliphatic rings. The van der Waals surface area contributed by atoms with Crippen LogP contribution >= 0.6 is 0 Å². The van der Waals surface area contributed by atoms with Crippen molar-refractivity contribution in [3.8, 4) is 6.07 Å². The lowest BCUT2D eigenvalue weighted by molar-refractivity contribution is 0.318. The first-order valence-corrected chi connectivity index (χ1v) is 8.49. The number of nitriles is 1. The lowest BCUT2D eigenvalue weighted by Gasteiger charge is -2.16. The highest BCUT2D eigenvalue weighted by Gasteiger charge is 2.17. The fourth-order valence-corrected chi connectivity index (χ4v) is 3.50. The van der Waals surface area contributed by atoms with Crippen molar-refractivity contribution in [1.29, 1.82) is 5.26 Å². The van der Waals surface area contributed by atoms with E-state index in [1.165, 1.54) is 12.8 Å². The number of rotatable bonds is 4. The lowest BCUT2D eigenvalue weighted by Crippen LogP contribution is -2.21. The van der Waals surface area contributed by atoms with Crippen LogP contribution in [0, 0.1) is 11.3 Å². The number of imidazole rings is 1. The van der Waals surface area contributed by atoms with Gasteiger partial charge in [0.1, 0.15) is 5.82 Å². The van der Waals surface area contributed by atoms with Crippen molar-refractivity contribution in [2.75, 3.05) is 13.1 Å². The van der Waals surface area contributed by atoms with E-state index in [0.717, 1.165) is 47.6 Å². The van der Waals surface area contributed by atoms with Gasteiger partial charge < -0.3 is 4.57 Å². The molecule has 1 aromatic heterocycles. The Hall–Kier alpha value is -2.64. The molecule has 1 fully saturated rings. The van der Waals surface area contributed by atoms with Gasteiger partial charge in [0.05, 0.1) is 35.8 Å². The van der Waals surface area contributed by atoms with Crippen LogP contribution in [-0.2, 0) is 13.1 Å². The fourth-order valence-electron chi connectivity index (χ4n) is 3.50. The summed E-state index contributed by atoms with van der Waals surface area (Å²) < 4.78 is 2.27. The van der Waals surface area contributed by atoms with Crippen LogP contribution in [0.5, 0.6) is 0 Å². The number of likely N-dealkylation sites (tertiary alicyclic amines) is 1. The zero-order valence-electron chi connectivity index (χ0n) is 13.7. The number of hydrogen-bond acceptors (Lipinski definition) is 3. The van der Waals surface area contributed by atoms with Gasteiger partial charge in [0.15, 0.2) is 0 Å². The van der Waals surface area contributed by atoms with Crippen LogP contribution in [0.25, 0.3) is 11.0 Å². The normalized spacial score (nSPS) is 15.0. The van der Waals surface area contributed by atoms with Crippen molar-refractivity contribution < 1.29 is 0 Å². The minimum atomic E-state index is 0.688. The molecule has 0 saturated carbocycles. The molecule has 4 rings (SSSR count). The third-order valence-corrected chi connectivity index (χ3v) is 4.76. The maximum atomic E-state index is 9.38. The van der Waals surface area contributed by atoms with Crippen LogP contribution in [0.1, 0.15) is 29.8 Å². The van der Waals surface area contributed by atoms with Gasteiger partial charge >= 0.3 is 0 Å². The van der Waals surface area contributed by atoms with Gasteiger partial charge in [-0.15, -0.1) is 0 Å². The smallest absolute Gasteiger partial charge is 0.124 e. The Morgan fingerprint density at radius 3 is 2.54 bits per heavy atom. The standard InChI is InChI=1S/C20H20N4/c21-13-16-7-1-2-8-17(16)14-24-19-10-4-3-9-18(19)22-20(24)15-23-11-5-6-12-23/h1-4,7-10H,5-6,11-12,14-15H2. The van der Waals surface area contributed by atoms with Gasteiger partial charge in [0, 0.05) is 0 Å². The fraction of sp³-hybridized carbons (Fsp3) is 0.300. The van der Waals surface area contributed by atoms with Gasteiger partial charge in [0.2, 0.25) is 0 Å². The SMILES string of the molecule is N#Cc1ccccc1Cn1c(CN2CCCC2)nc2ccccc21. The van der Waals surface area contributed by atoms with Gasteiger partial charge in [-0.2, -0.15) is 5.26 Å². The Labute approximate surface area is 142 Å². The summed E-state index contributed by atoms with van der Waals surface area (Å²) in [5.74, 6) is 1.09. The summed E-state index contributed by atoms with van der Waals surface area (Å²) in [6.45, 7) is 3.87. The van der Waals surface area contributed by atoms with E-state index in [1.54, 1.807) is 0 Å². The number of fused-ring (bicyclic) bond motifs is 1. The molecule has 1 aliphatic heterocycles. The highest BCUT2D eigenvalue weighted by molar-refractivity contribution is 5.76.